The van der Waals surface area contributed by atoms with Crippen LogP contribution in [0.1, 0.15) is 32.2 Å². The Labute approximate surface area is 188 Å². The summed E-state index contributed by atoms with van der Waals surface area (Å²) in [7, 11) is 0. The topological polar surface area (TPSA) is 70.0 Å². The van der Waals surface area contributed by atoms with E-state index in [9.17, 15) is 4.39 Å². The van der Waals surface area contributed by atoms with Crippen molar-refractivity contribution in [2.45, 2.75) is 40.3 Å². The molecule has 0 atom stereocenters. The zero-order valence-corrected chi connectivity index (χ0v) is 19.5. The average molecular weight is 512 g/mol. The fourth-order valence-electron chi connectivity index (χ4n) is 3.22. The van der Waals surface area contributed by atoms with E-state index in [1.54, 1.807) is 12.1 Å². The van der Waals surface area contributed by atoms with E-state index in [4.69, 9.17) is 0 Å². The van der Waals surface area contributed by atoms with Gasteiger partial charge in [0, 0.05) is 49.1 Å². The molecule has 3 aromatic rings. The highest BCUT2D eigenvalue weighted by Crippen LogP contribution is 2.19. The van der Waals surface area contributed by atoms with Crippen molar-refractivity contribution in [3.05, 3.63) is 54.0 Å². The smallest absolute Gasteiger partial charge is 0.191 e. The second-order valence-corrected chi connectivity index (χ2v) is 7.27. The number of imidazole rings is 1. The van der Waals surface area contributed by atoms with Gasteiger partial charge in [-0.25, -0.2) is 14.4 Å². The maximum absolute atomic E-state index is 13.5. The highest BCUT2D eigenvalue weighted by atomic mass is 127. The summed E-state index contributed by atoms with van der Waals surface area (Å²) in [6.07, 6.45) is 6.54. The molecule has 6 nitrogen and oxygen atoms in total. The van der Waals surface area contributed by atoms with Gasteiger partial charge in [0.25, 0.3) is 0 Å². The Morgan fingerprint density at radius 2 is 2.14 bits per heavy atom. The van der Waals surface area contributed by atoms with Crippen molar-refractivity contribution in [1.29, 1.82) is 0 Å². The number of H-pyrrole nitrogens is 1. The van der Waals surface area contributed by atoms with Crippen molar-refractivity contribution < 1.29 is 4.39 Å². The predicted octanol–water partition coefficient (Wildman–Crippen LogP) is 4.08. The van der Waals surface area contributed by atoms with Gasteiger partial charge in [-0.1, -0.05) is 13.8 Å². The van der Waals surface area contributed by atoms with Crippen LogP contribution in [0.2, 0.25) is 0 Å². The molecular formula is C21H30FIN6. The van der Waals surface area contributed by atoms with Crippen LogP contribution in [0.25, 0.3) is 10.9 Å². The van der Waals surface area contributed by atoms with Crippen molar-refractivity contribution >= 4 is 40.8 Å². The molecule has 3 rings (SSSR count). The van der Waals surface area contributed by atoms with Gasteiger partial charge in [0.1, 0.15) is 18.2 Å². The minimum Gasteiger partial charge on any atom is -0.361 e. The van der Waals surface area contributed by atoms with Gasteiger partial charge in [0.05, 0.1) is 0 Å². The lowest BCUT2D eigenvalue weighted by Gasteiger charge is -2.12. The third-order valence-electron chi connectivity index (χ3n) is 4.50. The fraction of sp³-hybridized carbons (Fsp3) is 0.429. The number of aromatic nitrogens is 3. The quantitative estimate of drug-likeness (QED) is 0.242. The van der Waals surface area contributed by atoms with Gasteiger partial charge in [-0.15, -0.1) is 24.0 Å². The standard InChI is InChI=1S/C21H29FN6.HI/c1-4-23-21(27-13-20-24-9-10-28(20)14-15(2)3)25-8-7-16-12-26-19-6-5-17(22)11-18(16)19;/h5-6,9-12,15,26H,4,7-8,13-14H2,1-3H3,(H2,23,25,27);1H. The number of benzene rings is 1. The summed E-state index contributed by atoms with van der Waals surface area (Å²) in [4.78, 5) is 12.3. The normalized spacial score (nSPS) is 11.7. The highest BCUT2D eigenvalue weighted by molar-refractivity contribution is 14.0. The minimum atomic E-state index is -0.215. The van der Waals surface area contributed by atoms with E-state index >= 15 is 0 Å². The van der Waals surface area contributed by atoms with Crippen molar-refractivity contribution in [3.8, 4) is 0 Å². The van der Waals surface area contributed by atoms with Gasteiger partial charge in [-0.3, -0.25) is 0 Å². The Hall–Kier alpha value is -2.10. The number of nitrogens with one attached hydrogen (secondary N) is 3. The molecule has 29 heavy (non-hydrogen) atoms. The first-order valence-electron chi connectivity index (χ1n) is 9.84. The maximum atomic E-state index is 13.5. The monoisotopic (exact) mass is 512 g/mol. The summed E-state index contributed by atoms with van der Waals surface area (Å²) in [5.41, 5.74) is 2.04. The Morgan fingerprint density at radius 1 is 1.31 bits per heavy atom. The largest absolute Gasteiger partial charge is 0.361 e. The molecule has 0 radical (unpaired) electrons. The molecule has 3 N–H and O–H groups in total. The number of aliphatic imine (C=N–C) groups is 1. The molecule has 0 aliphatic rings. The summed E-state index contributed by atoms with van der Waals surface area (Å²) in [6, 6.07) is 4.82. The van der Waals surface area contributed by atoms with Crippen LogP contribution in [0.15, 0.2) is 41.8 Å². The van der Waals surface area contributed by atoms with Crippen LogP contribution in [0.5, 0.6) is 0 Å². The van der Waals surface area contributed by atoms with Gasteiger partial charge in [-0.05, 0) is 43.0 Å². The van der Waals surface area contributed by atoms with Crippen molar-refractivity contribution in [2.75, 3.05) is 13.1 Å². The first kappa shape index (κ1) is 23.2. The van der Waals surface area contributed by atoms with Crippen LogP contribution in [-0.4, -0.2) is 33.6 Å². The zero-order valence-electron chi connectivity index (χ0n) is 17.2. The fourth-order valence-corrected chi connectivity index (χ4v) is 3.22. The van der Waals surface area contributed by atoms with Gasteiger partial charge in [0.15, 0.2) is 5.96 Å². The molecule has 0 aliphatic carbocycles. The summed E-state index contributed by atoms with van der Waals surface area (Å²) < 4.78 is 15.7. The molecule has 0 spiro atoms. The third kappa shape index (κ3) is 6.45. The van der Waals surface area contributed by atoms with Crippen LogP contribution < -0.4 is 10.6 Å². The number of nitrogens with zero attached hydrogens (tertiary/aromatic N) is 3. The molecule has 2 heterocycles. The maximum Gasteiger partial charge on any atom is 0.191 e. The third-order valence-corrected chi connectivity index (χ3v) is 4.50. The van der Waals surface area contributed by atoms with E-state index in [0.717, 1.165) is 47.8 Å². The van der Waals surface area contributed by atoms with Gasteiger partial charge < -0.3 is 20.2 Å². The van der Waals surface area contributed by atoms with Crippen LogP contribution in [0, 0.1) is 11.7 Å². The number of aromatic amines is 1. The van der Waals surface area contributed by atoms with Crippen LogP contribution in [0.4, 0.5) is 4.39 Å². The molecule has 0 saturated heterocycles. The lowest BCUT2D eigenvalue weighted by Crippen LogP contribution is -2.38. The highest BCUT2D eigenvalue weighted by Gasteiger charge is 2.07. The SMILES string of the molecule is CCNC(=NCc1nccn1CC(C)C)NCCc1c[nH]c2ccc(F)cc12.I. The van der Waals surface area contributed by atoms with Crippen LogP contribution in [-0.2, 0) is 19.5 Å². The molecule has 0 amide bonds. The van der Waals surface area contributed by atoms with E-state index in [1.165, 1.54) is 6.07 Å². The number of hydrogen-bond donors (Lipinski definition) is 3. The molecule has 8 heteroatoms. The summed E-state index contributed by atoms with van der Waals surface area (Å²) in [5.74, 6) is 2.06. The van der Waals surface area contributed by atoms with Crippen molar-refractivity contribution in [2.24, 2.45) is 10.9 Å². The lowest BCUT2D eigenvalue weighted by atomic mass is 10.1. The molecule has 0 unspecified atom stereocenters. The lowest BCUT2D eigenvalue weighted by molar-refractivity contribution is 0.507. The minimum absolute atomic E-state index is 0. The number of hydrogen-bond acceptors (Lipinski definition) is 2. The average Bonchev–Trinajstić information content (AvgIpc) is 3.26. The van der Waals surface area contributed by atoms with Crippen LogP contribution >= 0.6 is 24.0 Å². The molecule has 1 aromatic carbocycles. The van der Waals surface area contributed by atoms with E-state index in [0.29, 0.717) is 19.0 Å². The number of halogens is 2. The van der Waals surface area contributed by atoms with Crippen LogP contribution in [0.3, 0.4) is 0 Å². The second-order valence-electron chi connectivity index (χ2n) is 7.27. The number of guanidine groups is 1. The summed E-state index contributed by atoms with van der Waals surface area (Å²) in [5, 5.41) is 7.55. The molecule has 0 aliphatic heterocycles. The van der Waals surface area contributed by atoms with E-state index in [1.807, 2.05) is 25.5 Å². The Morgan fingerprint density at radius 3 is 2.90 bits per heavy atom. The molecule has 2 aromatic heterocycles. The first-order chi connectivity index (χ1) is 13.6. The van der Waals surface area contributed by atoms with E-state index in [-0.39, 0.29) is 29.8 Å². The van der Waals surface area contributed by atoms with Gasteiger partial charge in [-0.2, -0.15) is 0 Å². The molecule has 0 fully saturated rings. The number of rotatable bonds is 8. The van der Waals surface area contributed by atoms with Crippen molar-refractivity contribution in [3.63, 3.8) is 0 Å². The number of fused-ring (bicyclic) bond motifs is 1. The summed E-state index contributed by atoms with van der Waals surface area (Å²) in [6.45, 7) is 9.36. The molecule has 0 saturated carbocycles. The second kappa shape index (κ2) is 11.2. The molecular weight excluding hydrogens is 482 g/mol. The molecule has 158 valence electrons. The Balaban J connectivity index is 0.00000300. The van der Waals surface area contributed by atoms with E-state index < -0.39 is 0 Å². The van der Waals surface area contributed by atoms with Gasteiger partial charge >= 0.3 is 0 Å². The first-order valence-corrected chi connectivity index (χ1v) is 9.84. The Bertz CT molecular complexity index is 930. The zero-order chi connectivity index (χ0) is 19.9. The van der Waals surface area contributed by atoms with Crippen molar-refractivity contribution in [1.82, 2.24) is 25.2 Å². The summed E-state index contributed by atoms with van der Waals surface area (Å²) >= 11 is 0. The van der Waals surface area contributed by atoms with E-state index in [2.05, 4.69) is 44.0 Å². The predicted molar refractivity (Wildman–Crippen MR) is 127 cm³/mol. The van der Waals surface area contributed by atoms with Gasteiger partial charge in [0.2, 0.25) is 0 Å². The molecule has 0 bridgehead atoms. The Kier molecular flexibility index (Phi) is 8.94.